The van der Waals surface area contributed by atoms with E-state index in [1.54, 1.807) is 0 Å². The van der Waals surface area contributed by atoms with Gasteiger partial charge in [0.1, 0.15) is 0 Å². The predicted octanol–water partition coefficient (Wildman–Crippen LogP) is 0.233. The van der Waals surface area contributed by atoms with Gasteiger partial charge in [-0.05, 0) is 38.8 Å². The predicted molar refractivity (Wildman–Crippen MR) is 45.3 cm³/mol. The lowest BCUT2D eigenvalue weighted by Crippen LogP contribution is -2.15. The highest BCUT2D eigenvalue weighted by Gasteiger charge is 2.42. The summed E-state index contributed by atoms with van der Waals surface area (Å²) in [5.74, 6) is 0. The van der Waals surface area contributed by atoms with E-state index in [0.717, 1.165) is 45.4 Å². The third-order valence-corrected chi connectivity index (χ3v) is 2.23. The maximum absolute atomic E-state index is 5.41. The van der Waals surface area contributed by atoms with E-state index in [0.29, 0.717) is 0 Å². The van der Waals surface area contributed by atoms with Gasteiger partial charge in [-0.1, -0.05) is 0 Å². The summed E-state index contributed by atoms with van der Waals surface area (Å²) in [5, 5.41) is 0. The molecule has 0 unspecified atom stereocenters. The fraction of sp³-hybridized carbons (Fsp3) is 1.00. The fourth-order valence-electron chi connectivity index (χ4n) is 1.36. The van der Waals surface area contributed by atoms with Crippen LogP contribution in [0.15, 0.2) is 0 Å². The smallest absolute Gasteiger partial charge is 0.0917 e. The highest BCUT2D eigenvalue weighted by atomic mass is 16.6. The minimum atomic E-state index is 0.193. The molecule has 0 aromatic heterocycles. The number of hydrogen-bond acceptors (Lipinski definition) is 3. The summed E-state index contributed by atoms with van der Waals surface area (Å²) < 4.78 is 5.39. The summed E-state index contributed by atoms with van der Waals surface area (Å²) in [5.41, 5.74) is 11.0. The highest BCUT2D eigenvalue weighted by molar-refractivity contribution is 4.91. The molecule has 1 fully saturated rings. The molecule has 1 aliphatic rings. The molecule has 1 heterocycles. The first-order chi connectivity index (χ1) is 5.33. The average Bonchev–Trinajstić information content (AvgIpc) is 2.79. The van der Waals surface area contributed by atoms with Gasteiger partial charge >= 0.3 is 0 Å². The molecule has 3 heteroatoms. The molecule has 0 aliphatic carbocycles. The van der Waals surface area contributed by atoms with Crippen LogP contribution in [0.4, 0.5) is 0 Å². The lowest BCUT2D eigenvalue weighted by atomic mass is 9.98. The largest absolute Gasteiger partial charge is 0.370 e. The van der Waals surface area contributed by atoms with Gasteiger partial charge in [0.05, 0.1) is 12.2 Å². The second kappa shape index (κ2) is 4.04. The van der Waals surface area contributed by atoms with Gasteiger partial charge in [0, 0.05) is 0 Å². The third kappa shape index (κ3) is 2.77. The van der Waals surface area contributed by atoms with E-state index in [4.69, 9.17) is 16.2 Å². The van der Waals surface area contributed by atoms with Crippen LogP contribution in [0.5, 0.6) is 0 Å². The summed E-state index contributed by atoms with van der Waals surface area (Å²) in [6, 6.07) is 0. The Morgan fingerprint density at radius 2 is 1.55 bits per heavy atom. The maximum Gasteiger partial charge on any atom is 0.0917 e. The Bertz CT molecular complexity index is 103. The van der Waals surface area contributed by atoms with Crippen molar-refractivity contribution in [3.05, 3.63) is 0 Å². The Labute approximate surface area is 68.1 Å². The van der Waals surface area contributed by atoms with E-state index in [-0.39, 0.29) is 5.60 Å². The van der Waals surface area contributed by atoms with Crippen molar-refractivity contribution in [2.45, 2.75) is 31.3 Å². The average molecular weight is 158 g/mol. The van der Waals surface area contributed by atoms with E-state index < -0.39 is 0 Å². The first kappa shape index (κ1) is 8.97. The molecule has 0 radical (unpaired) electrons. The second-order valence-corrected chi connectivity index (χ2v) is 3.26. The lowest BCUT2D eigenvalue weighted by Gasteiger charge is -2.09. The van der Waals surface area contributed by atoms with Crippen LogP contribution in [0.25, 0.3) is 0 Å². The number of epoxide rings is 1. The number of rotatable bonds is 6. The Morgan fingerprint density at radius 1 is 1.09 bits per heavy atom. The van der Waals surface area contributed by atoms with E-state index in [2.05, 4.69) is 0 Å². The summed E-state index contributed by atoms with van der Waals surface area (Å²) in [7, 11) is 0. The van der Waals surface area contributed by atoms with Crippen LogP contribution in [-0.4, -0.2) is 25.3 Å². The van der Waals surface area contributed by atoms with E-state index in [1.165, 1.54) is 0 Å². The van der Waals surface area contributed by atoms with Gasteiger partial charge in [-0.2, -0.15) is 0 Å². The zero-order valence-corrected chi connectivity index (χ0v) is 7.01. The van der Waals surface area contributed by atoms with Crippen molar-refractivity contribution >= 4 is 0 Å². The lowest BCUT2D eigenvalue weighted by molar-refractivity contribution is 0.267. The van der Waals surface area contributed by atoms with Crippen molar-refractivity contribution in [1.29, 1.82) is 0 Å². The highest BCUT2D eigenvalue weighted by Crippen LogP contribution is 2.36. The molecule has 11 heavy (non-hydrogen) atoms. The molecule has 4 N–H and O–H groups in total. The first-order valence-corrected chi connectivity index (χ1v) is 4.37. The zero-order valence-electron chi connectivity index (χ0n) is 7.01. The molecule has 66 valence electrons. The van der Waals surface area contributed by atoms with Crippen molar-refractivity contribution in [3.8, 4) is 0 Å². The standard InChI is InChI=1S/C8H18N2O/c9-5-1-3-8(7-11-8)4-2-6-10/h1-7,9-10H2. The molecule has 0 atom stereocenters. The summed E-state index contributed by atoms with van der Waals surface area (Å²) in [6.45, 7) is 2.47. The molecular formula is C8H18N2O. The molecule has 0 bridgehead atoms. The van der Waals surface area contributed by atoms with Gasteiger partial charge in [-0.25, -0.2) is 0 Å². The number of hydrogen-bond donors (Lipinski definition) is 2. The van der Waals surface area contributed by atoms with Gasteiger partial charge in [0.25, 0.3) is 0 Å². The van der Waals surface area contributed by atoms with Crippen LogP contribution >= 0.6 is 0 Å². The van der Waals surface area contributed by atoms with E-state index >= 15 is 0 Å². The Balaban J connectivity index is 2.08. The maximum atomic E-state index is 5.41. The van der Waals surface area contributed by atoms with Crippen molar-refractivity contribution in [2.75, 3.05) is 19.7 Å². The molecule has 0 amide bonds. The third-order valence-electron chi connectivity index (χ3n) is 2.23. The van der Waals surface area contributed by atoms with Crippen LogP contribution in [-0.2, 0) is 4.74 Å². The number of ether oxygens (including phenoxy) is 1. The Kier molecular flexibility index (Phi) is 3.30. The Hall–Kier alpha value is -0.120. The summed E-state index contributed by atoms with van der Waals surface area (Å²) >= 11 is 0. The monoisotopic (exact) mass is 158 g/mol. The first-order valence-electron chi connectivity index (χ1n) is 4.37. The summed E-state index contributed by atoms with van der Waals surface area (Å²) in [6.07, 6.45) is 4.38. The minimum Gasteiger partial charge on any atom is -0.370 e. The SMILES string of the molecule is NCCCC1(CCCN)CO1. The van der Waals surface area contributed by atoms with Crippen LogP contribution < -0.4 is 11.5 Å². The molecule has 0 spiro atoms. The van der Waals surface area contributed by atoms with Crippen LogP contribution in [0.2, 0.25) is 0 Å². The molecule has 1 rings (SSSR count). The van der Waals surface area contributed by atoms with Gasteiger partial charge in [0.15, 0.2) is 0 Å². The molecule has 1 saturated heterocycles. The quantitative estimate of drug-likeness (QED) is 0.544. The van der Waals surface area contributed by atoms with Gasteiger partial charge in [0.2, 0.25) is 0 Å². The molecule has 3 nitrogen and oxygen atoms in total. The van der Waals surface area contributed by atoms with Gasteiger partial charge < -0.3 is 16.2 Å². The topological polar surface area (TPSA) is 64.6 Å². The van der Waals surface area contributed by atoms with E-state index in [9.17, 15) is 0 Å². The second-order valence-electron chi connectivity index (χ2n) is 3.26. The molecule has 0 saturated carbocycles. The molecule has 1 aliphatic heterocycles. The fourth-order valence-corrected chi connectivity index (χ4v) is 1.36. The Morgan fingerprint density at radius 3 is 1.82 bits per heavy atom. The summed E-state index contributed by atoms with van der Waals surface area (Å²) in [4.78, 5) is 0. The van der Waals surface area contributed by atoms with Crippen LogP contribution in [0, 0.1) is 0 Å². The van der Waals surface area contributed by atoms with Crippen molar-refractivity contribution in [3.63, 3.8) is 0 Å². The van der Waals surface area contributed by atoms with E-state index in [1.807, 2.05) is 0 Å². The normalized spacial score (nSPS) is 20.2. The van der Waals surface area contributed by atoms with Crippen molar-refractivity contribution < 1.29 is 4.74 Å². The molecule has 0 aromatic rings. The van der Waals surface area contributed by atoms with Crippen LogP contribution in [0.1, 0.15) is 25.7 Å². The molecular weight excluding hydrogens is 140 g/mol. The zero-order chi connectivity index (χ0) is 8.16. The number of nitrogens with two attached hydrogens (primary N) is 2. The van der Waals surface area contributed by atoms with Crippen molar-refractivity contribution in [2.24, 2.45) is 11.5 Å². The minimum absolute atomic E-state index is 0.193. The van der Waals surface area contributed by atoms with Gasteiger partial charge in [-0.3, -0.25) is 0 Å². The van der Waals surface area contributed by atoms with Gasteiger partial charge in [-0.15, -0.1) is 0 Å². The molecule has 0 aromatic carbocycles. The van der Waals surface area contributed by atoms with Crippen LogP contribution in [0.3, 0.4) is 0 Å². The van der Waals surface area contributed by atoms with Crippen molar-refractivity contribution in [1.82, 2.24) is 0 Å².